The van der Waals surface area contributed by atoms with Crippen molar-refractivity contribution in [2.75, 3.05) is 45.3 Å². The number of ether oxygens (including phenoxy) is 2. The minimum absolute atomic E-state index is 0.148. The molecule has 1 aliphatic heterocycles. The third-order valence-corrected chi connectivity index (χ3v) is 9.33. The van der Waals surface area contributed by atoms with Crippen LogP contribution in [0.1, 0.15) is 36.1 Å². The lowest BCUT2D eigenvalue weighted by Crippen LogP contribution is -2.43. The lowest BCUT2D eigenvalue weighted by atomic mass is 9.82. The molecule has 1 aliphatic carbocycles. The van der Waals surface area contributed by atoms with Crippen molar-refractivity contribution in [3.8, 4) is 40.7 Å². The maximum Gasteiger partial charge on any atom is 0.176 e. The molecule has 5 aromatic carbocycles. The third kappa shape index (κ3) is 5.32. The smallest absolute Gasteiger partial charge is 0.176 e. The standard InChI is InChI=1S/C21H20O3.C19H20N2O/c1-21(2)15-8-6-5-7-12(15)20-14-10-19(24-4)18(23-3)9-13(14)17(22)11-16(20)21;1-2-19(22,16-6-4-3-5-7-16)17-8-10-18(11-9-17)21-14-12-20-13-15-21/h5-11,22H,1-4H3;1,3-11,20,22H,12-15H2. The zero-order valence-corrected chi connectivity index (χ0v) is 26.8. The number of phenols is 1. The van der Waals surface area contributed by atoms with E-state index in [9.17, 15) is 10.2 Å². The highest BCUT2D eigenvalue weighted by atomic mass is 16.5. The quantitative estimate of drug-likeness (QED) is 0.189. The summed E-state index contributed by atoms with van der Waals surface area (Å²) in [5, 5.41) is 26.6. The summed E-state index contributed by atoms with van der Waals surface area (Å²) in [6.45, 7) is 8.39. The molecule has 1 fully saturated rings. The van der Waals surface area contributed by atoms with E-state index in [1.54, 1.807) is 14.2 Å². The maximum atomic E-state index is 10.9. The highest BCUT2D eigenvalue weighted by Crippen LogP contribution is 2.54. The molecule has 6 nitrogen and oxygen atoms in total. The molecule has 3 N–H and O–H groups in total. The van der Waals surface area contributed by atoms with Gasteiger partial charge in [-0.05, 0) is 58.0 Å². The van der Waals surface area contributed by atoms with Gasteiger partial charge in [0.2, 0.25) is 0 Å². The molecule has 1 saturated heterocycles. The van der Waals surface area contributed by atoms with E-state index < -0.39 is 5.60 Å². The predicted molar refractivity (Wildman–Crippen MR) is 186 cm³/mol. The van der Waals surface area contributed by atoms with Gasteiger partial charge in [-0.2, -0.15) is 0 Å². The average molecular weight is 613 g/mol. The van der Waals surface area contributed by atoms with E-state index in [-0.39, 0.29) is 11.2 Å². The number of nitrogens with one attached hydrogen (secondary N) is 1. The van der Waals surface area contributed by atoms with E-state index in [4.69, 9.17) is 15.9 Å². The lowest BCUT2D eigenvalue weighted by molar-refractivity contribution is 0.145. The molecule has 0 aromatic heterocycles. The fourth-order valence-corrected chi connectivity index (χ4v) is 6.75. The molecule has 46 heavy (non-hydrogen) atoms. The van der Waals surface area contributed by atoms with Gasteiger partial charge in [0.25, 0.3) is 0 Å². The Hall–Kier alpha value is -4.96. The van der Waals surface area contributed by atoms with Gasteiger partial charge in [-0.25, -0.2) is 0 Å². The van der Waals surface area contributed by atoms with E-state index in [2.05, 4.69) is 54.3 Å². The normalized spacial score (nSPS) is 15.9. The van der Waals surface area contributed by atoms with Gasteiger partial charge in [0.05, 0.1) is 14.2 Å². The van der Waals surface area contributed by atoms with Crippen LogP contribution in [0.15, 0.2) is 97.1 Å². The SMILES string of the molecule is C#CC(O)(c1ccccc1)c1ccc(N2CCNCC2)cc1.COc1cc2c(O)cc3c(c2cc1OC)-c1ccccc1C3(C)C. The summed E-state index contributed by atoms with van der Waals surface area (Å²) in [5.41, 5.74) is 5.88. The topological polar surface area (TPSA) is 74.2 Å². The van der Waals surface area contributed by atoms with Crippen LogP contribution in [-0.4, -0.2) is 50.6 Å². The number of fused-ring (bicyclic) bond motifs is 5. The predicted octanol–water partition coefficient (Wildman–Crippen LogP) is 6.83. The van der Waals surface area contributed by atoms with Crippen molar-refractivity contribution in [1.29, 1.82) is 0 Å². The Morgan fingerprint density at radius 1 is 0.783 bits per heavy atom. The van der Waals surface area contributed by atoms with Crippen molar-refractivity contribution in [2.45, 2.75) is 24.9 Å². The molecule has 2 aliphatic rings. The Labute approximate surface area is 271 Å². The molecule has 1 unspecified atom stereocenters. The molecule has 0 radical (unpaired) electrons. The number of hydrogen-bond acceptors (Lipinski definition) is 6. The molecule has 1 heterocycles. The Balaban J connectivity index is 0.000000162. The Kier molecular flexibility index (Phi) is 8.39. The first-order valence-electron chi connectivity index (χ1n) is 15.6. The summed E-state index contributed by atoms with van der Waals surface area (Å²) < 4.78 is 10.9. The van der Waals surface area contributed by atoms with Crippen molar-refractivity contribution < 1.29 is 19.7 Å². The molecule has 5 aromatic rings. The first-order chi connectivity index (χ1) is 22.2. The lowest BCUT2D eigenvalue weighted by Gasteiger charge is -2.30. The Morgan fingerprint density at radius 3 is 2.00 bits per heavy atom. The number of benzene rings is 5. The molecule has 0 bridgehead atoms. The highest BCUT2D eigenvalue weighted by molar-refractivity contribution is 6.06. The summed E-state index contributed by atoms with van der Waals surface area (Å²) >= 11 is 0. The maximum absolute atomic E-state index is 10.9. The fourth-order valence-electron chi connectivity index (χ4n) is 6.75. The second-order valence-corrected chi connectivity index (χ2v) is 12.2. The minimum atomic E-state index is -1.39. The molecule has 234 valence electrons. The van der Waals surface area contributed by atoms with E-state index in [1.807, 2.05) is 72.8 Å². The van der Waals surface area contributed by atoms with Gasteiger partial charge in [0.1, 0.15) is 5.75 Å². The summed E-state index contributed by atoms with van der Waals surface area (Å²) in [4.78, 5) is 2.33. The molecular weight excluding hydrogens is 572 g/mol. The van der Waals surface area contributed by atoms with Crippen LogP contribution in [0.4, 0.5) is 5.69 Å². The van der Waals surface area contributed by atoms with Gasteiger partial charge in [0.15, 0.2) is 17.1 Å². The zero-order chi connectivity index (χ0) is 32.5. The molecule has 0 amide bonds. The number of phenolic OH excluding ortho intramolecular Hbond substituents is 1. The Bertz CT molecular complexity index is 1910. The van der Waals surface area contributed by atoms with Crippen LogP contribution in [0.25, 0.3) is 21.9 Å². The summed E-state index contributed by atoms with van der Waals surface area (Å²) in [5.74, 6) is 4.09. The molecule has 1 atom stereocenters. The van der Waals surface area contributed by atoms with Crippen LogP contribution in [0.5, 0.6) is 17.2 Å². The zero-order valence-electron chi connectivity index (χ0n) is 26.8. The third-order valence-electron chi connectivity index (χ3n) is 9.33. The first kappa shape index (κ1) is 31.0. The van der Waals surface area contributed by atoms with Crippen molar-refractivity contribution in [3.05, 3.63) is 119 Å². The molecule has 0 saturated carbocycles. The number of terminal acetylenes is 1. The number of rotatable bonds is 5. The van der Waals surface area contributed by atoms with Gasteiger partial charge < -0.3 is 29.9 Å². The first-order valence-corrected chi connectivity index (χ1v) is 15.6. The highest BCUT2D eigenvalue weighted by Gasteiger charge is 2.37. The summed E-state index contributed by atoms with van der Waals surface area (Å²) in [6, 6.07) is 31.4. The number of hydrogen-bond donors (Lipinski definition) is 3. The number of methoxy groups -OCH3 is 2. The minimum Gasteiger partial charge on any atom is -0.507 e. The van der Waals surface area contributed by atoms with Crippen LogP contribution < -0.4 is 19.7 Å². The number of aliphatic hydroxyl groups is 1. The molecule has 6 heteroatoms. The molecule has 7 rings (SSSR count). The van der Waals surface area contributed by atoms with Gasteiger partial charge in [-0.1, -0.05) is 86.5 Å². The molecular formula is C40H40N2O4. The largest absolute Gasteiger partial charge is 0.507 e. The summed E-state index contributed by atoms with van der Waals surface area (Å²) in [6.07, 6.45) is 5.63. The van der Waals surface area contributed by atoms with Crippen LogP contribution in [0, 0.1) is 12.3 Å². The summed E-state index contributed by atoms with van der Waals surface area (Å²) in [7, 11) is 3.23. The van der Waals surface area contributed by atoms with Gasteiger partial charge in [0, 0.05) is 53.8 Å². The number of piperazine rings is 1. The van der Waals surface area contributed by atoms with E-state index in [0.717, 1.165) is 53.8 Å². The fraction of sp³-hybridized carbons (Fsp3) is 0.250. The average Bonchev–Trinajstić information content (AvgIpc) is 3.34. The van der Waals surface area contributed by atoms with Gasteiger partial charge in [-0.15, -0.1) is 6.42 Å². The van der Waals surface area contributed by atoms with Crippen molar-refractivity contribution in [1.82, 2.24) is 5.32 Å². The van der Waals surface area contributed by atoms with Crippen LogP contribution in [0.2, 0.25) is 0 Å². The Morgan fingerprint density at radius 2 is 1.37 bits per heavy atom. The number of aromatic hydroxyl groups is 1. The monoisotopic (exact) mass is 612 g/mol. The number of nitrogens with zero attached hydrogens (tertiary/aromatic N) is 1. The second kappa shape index (κ2) is 12.4. The van der Waals surface area contributed by atoms with Crippen LogP contribution >= 0.6 is 0 Å². The second-order valence-electron chi connectivity index (χ2n) is 12.2. The van der Waals surface area contributed by atoms with E-state index in [1.165, 1.54) is 16.7 Å². The number of anilines is 1. The van der Waals surface area contributed by atoms with Crippen LogP contribution in [-0.2, 0) is 11.0 Å². The van der Waals surface area contributed by atoms with Crippen LogP contribution in [0.3, 0.4) is 0 Å². The van der Waals surface area contributed by atoms with Crippen molar-refractivity contribution in [2.24, 2.45) is 0 Å². The van der Waals surface area contributed by atoms with Gasteiger partial charge in [-0.3, -0.25) is 0 Å². The van der Waals surface area contributed by atoms with Crippen molar-refractivity contribution in [3.63, 3.8) is 0 Å². The van der Waals surface area contributed by atoms with E-state index in [0.29, 0.717) is 17.1 Å². The van der Waals surface area contributed by atoms with Gasteiger partial charge >= 0.3 is 0 Å². The molecule has 0 spiro atoms. The van der Waals surface area contributed by atoms with Crippen molar-refractivity contribution >= 4 is 16.5 Å². The van der Waals surface area contributed by atoms with E-state index >= 15 is 0 Å².